The summed E-state index contributed by atoms with van der Waals surface area (Å²) in [4.78, 5) is 12.0. The first-order valence-electron chi connectivity index (χ1n) is 6.10. The first kappa shape index (κ1) is 16.7. The molecular formula is C14H6Cl3NO3S2. The van der Waals surface area contributed by atoms with Crippen molar-refractivity contribution in [3.8, 4) is 0 Å². The number of hydrogen-bond donors (Lipinski definition) is 0. The number of thiophene rings is 1. The Balaban J connectivity index is 2.19. The minimum atomic E-state index is -4.08. The second-order valence-electron chi connectivity index (χ2n) is 4.50. The van der Waals surface area contributed by atoms with Crippen LogP contribution in [0.15, 0.2) is 49.4 Å². The van der Waals surface area contributed by atoms with Gasteiger partial charge in [0.1, 0.15) is 0 Å². The third-order valence-corrected chi connectivity index (χ3v) is 7.26. The maximum atomic E-state index is 12.5. The summed E-state index contributed by atoms with van der Waals surface area (Å²) in [7, 11) is -4.08. The molecule has 4 nitrogen and oxygen atoms in total. The van der Waals surface area contributed by atoms with Crippen molar-refractivity contribution < 1.29 is 13.2 Å². The van der Waals surface area contributed by atoms with E-state index in [0.29, 0.717) is 11.1 Å². The minimum Gasteiger partial charge on any atom is -0.288 e. The van der Waals surface area contributed by atoms with Crippen molar-refractivity contribution in [2.45, 2.75) is 4.21 Å². The van der Waals surface area contributed by atoms with E-state index in [-0.39, 0.29) is 30.8 Å². The number of nitrogens with zero attached hydrogens (tertiary/aromatic N) is 1. The highest BCUT2D eigenvalue weighted by atomic mass is 35.5. The van der Waals surface area contributed by atoms with Crippen molar-refractivity contribution in [1.29, 1.82) is 0 Å². The lowest BCUT2D eigenvalue weighted by Gasteiger charge is -2.13. The van der Waals surface area contributed by atoms with Gasteiger partial charge in [-0.1, -0.05) is 59.1 Å². The largest absolute Gasteiger partial charge is 0.293 e. The maximum Gasteiger partial charge on any atom is 0.293 e. The number of hydrogen-bond acceptors (Lipinski definition) is 4. The Morgan fingerprint density at radius 2 is 1.70 bits per heavy atom. The van der Waals surface area contributed by atoms with Gasteiger partial charge in [-0.05, 0) is 6.08 Å². The van der Waals surface area contributed by atoms with Crippen molar-refractivity contribution >= 4 is 67.7 Å². The molecule has 0 spiro atoms. The normalized spacial score (nSPS) is 16.4. The molecule has 9 heteroatoms. The van der Waals surface area contributed by atoms with Gasteiger partial charge in [-0.3, -0.25) is 4.79 Å². The second kappa shape index (κ2) is 6.03. The molecule has 0 atom stereocenters. The zero-order valence-electron chi connectivity index (χ0n) is 11.1. The van der Waals surface area contributed by atoms with Crippen LogP contribution in [0.5, 0.6) is 0 Å². The van der Waals surface area contributed by atoms with E-state index in [9.17, 15) is 13.2 Å². The first-order chi connectivity index (χ1) is 10.8. The summed E-state index contributed by atoms with van der Waals surface area (Å²) in [5, 5.41) is 1.38. The van der Waals surface area contributed by atoms with Crippen LogP contribution in [0, 0.1) is 0 Å². The van der Waals surface area contributed by atoms with E-state index in [1.165, 1.54) is 11.5 Å². The Morgan fingerprint density at radius 1 is 1.04 bits per heavy atom. The Morgan fingerprint density at radius 3 is 2.30 bits per heavy atom. The lowest BCUT2D eigenvalue weighted by molar-refractivity contribution is 0.104. The molecule has 0 amide bonds. The van der Waals surface area contributed by atoms with Gasteiger partial charge in [-0.25, -0.2) is 0 Å². The predicted molar refractivity (Wildman–Crippen MR) is 92.8 cm³/mol. The van der Waals surface area contributed by atoms with E-state index in [2.05, 4.69) is 4.40 Å². The molecule has 0 saturated heterocycles. The summed E-state index contributed by atoms with van der Waals surface area (Å²) in [5.41, 5.74) is 0.763. The molecule has 0 saturated carbocycles. The molecule has 2 aromatic rings. The Kier molecular flexibility index (Phi) is 4.37. The Labute approximate surface area is 151 Å². The van der Waals surface area contributed by atoms with Crippen molar-refractivity contribution in [2.24, 2.45) is 4.40 Å². The van der Waals surface area contributed by atoms with E-state index >= 15 is 0 Å². The van der Waals surface area contributed by atoms with Crippen LogP contribution in [0.3, 0.4) is 0 Å². The van der Waals surface area contributed by atoms with E-state index in [1.54, 1.807) is 24.3 Å². The van der Waals surface area contributed by atoms with Gasteiger partial charge in [-0.15, -0.1) is 11.3 Å². The lowest BCUT2D eigenvalue weighted by atomic mass is 9.94. The third-order valence-electron chi connectivity index (χ3n) is 3.04. The minimum absolute atomic E-state index is 0.0729. The number of ketones is 1. The van der Waals surface area contributed by atoms with Gasteiger partial charge >= 0.3 is 0 Å². The second-order valence-corrected chi connectivity index (χ2v) is 8.38. The molecular weight excluding hydrogens is 401 g/mol. The number of fused-ring (bicyclic) bond motifs is 1. The average molecular weight is 407 g/mol. The Bertz CT molecular complexity index is 990. The fourth-order valence-corrected chi connectivity index (χ4v) is 5.23. The molecule has 0 aliphatic heterocycles. The van der Waals surface area contributed by atoms with E-state index in [1.807, 2.05) is 0 Å². The molecule has 0 N–H and O–H groups in total. The zero-order valence-corrected chi connectivity index (χ0v) is 15.0. The molecule has 118 valence electrons. The summed E-state index contributed by atoms with van der Waals surface area (Å²) < 4.78 is 28.5. The first-order valence-corrected chi connectivity index (χ1v) is 9.55. The number of rotatable bonds is 2. The van der Waals surface area contributed by atoms with Crippen LogP contribution in [0.2, 0.25) is 10.0 Å². The van der Waals surface area contributed by atoms with Crippen molar-refractivity contribution in [1.82, 2.24) is 0 Å². The van der Waals surface area contributed by atoms with Gasteiger partial charge in [0.05, 0.1) is 20.8 Å². The van der Waals surface area contributed by atoms with Crippen molar-refractivity contribution in [3.63, 3.8) is 0 Å². The number of carbonyl (C=O) groups is 1. The summed E-state index contributed by atoms with van der Waals surface area (Å²) in [6, 6.07) is 6.50. The number of benzene rings is 1. The molecule has 0 radical (unpaired) electrons. The zero-order chi connectivity index (χ0) is 16.8. The van der Waals surface area contributed by atoms with Crippen LogP contribution >= 0.6 is 46.1 Å². The molecule has 1 aromatic heterocycles. The number of Topliss-reactive ketones (excluding diaryl/α,β-unsaturated/α-hetero) is 1. The quantitative estimate of drug-likeness (QED) is 0.735. The molecule has 0 bridgehead atoms. The summed E-state index contributed by atoms with van der Waals surface area (Å²) in [5.74, 6) is -0.379. The van der Waals surface area contributed by atoms with Crippen LogP contribution in [-0.2, 0) is 10.0 Å². The van der Waals surface area contributed by atoms with Crippen LogP contribution in [0.1, 0.15) is 15.9 Å². The number of sulfonamides is 1. The van der Waals surface area contributed by atoms with E-state index in [4.69, 9.17) is 34.8 Å². The van der Waals surface area contributed by atoms with Crippen LogP contribution < -0.4 is 0 Å². The lowest BCUT2D eigenvalue weighted by Crippen LogP contribution is -2.16. The average Bonchev–Trinajstić information content (AvgIpc) is 2.85. The van der Waals surface area contributed by atoms with Crippen LogP contribution in [-0.4, -0.2) is 19.9 Å². The van der Waals surface area contributed by atoms with Crippen LogP contribution in [0.25, 0.3) is 0 Å². The molecule has 23 heavy (non-hydrogen) atoms. The van der Waals surface area contributed by atoms with E-state index in [0.717, 1.165) is 11.3 Å². The smallest absolute Gasteiger partial charge is 0.288 e. The molecule has 0 unspecified atom stereocenters. The molecule has 3 rings (SSSR count). The fraction of sp³-hybridized carbons (Fsp3) is 0. The molecule has 0 fully saturated rings. The molecule has 1 aliphatic rings. The highest BCUT2D eigenvalue weighted by molar-refractivity contribution is 7.92. The van der Waals surface area contributed by atoms with Gasteiger partial charge in [-0.2, -0.15) is 12.8 Å². The van der Waals surface area contributed by atoms with Gasteiger partial charge in [0.25, 0.3) is 10.0 Å². The van der Waals surface area contributed by atoms with Gasteiger partial charge in [0.15, 0.2) is 4.21 Å². The number of allylic oxidation sites excluding steroid dienone is 2. The summed E-state index contributed by atoms with van der Waals surface area (Å²) in [6.07, 6.45) is 1.23. The fourth-order valence-electron chi connectivity index (χ4n) is 2.02. The highest BCUT2D eigenvalue weighted by Crippen LogP contribution is 2.36. The van der Waals surface area contributed by atoms with Gasteiger partial charge < -0.3 is 0 Å². The SMILES string of the molecule is O=C1C(Cl)=CC(=NS(=O)(=O)c2scc(Cl)c2Cl)c2ccccc21. The number of carbonyl (C=O) groups excluding carboxylic acids is 1. The summed E-state index contributed by atoms with van der Waals surface area (Å²) in [6.45, 7) is 0. The summed E-state index contributed by atoms with van der Waals surface area (Å²) >= 11 is 18.5. The molecule has 1 heterocycles. The topological polar surface area (TPSA) is 63.6 Å². The third kappa shape index (κ3) is 2.97. The van der Waals surface area contributed by atoms with Gasteiger partial charge in [0.2, 0.25) is 5.78 Å². The standard InChI is InChI=1S/C14H6Cl3NO3S2/c15-9-5-11(7-3-1-2-4-8(7)13(9)19)18-23(20,21)14-12(17)10(16)6-22-14/h1-6H. The van der Waals surface area contributed by atoms with Crippen molar-refractivity contribution in [3.05, 3.63) is 61.9 Å². The molecule has 1 aromatic carbocycles. The van der Waals surface area contributed by atoms with Crippen LogP contribution in [0.4, 0.5) is 0 Å². The van der Waals surface area contributed by atoms with Gasteiger partial charge in [0, 0.05) is 16.5 Å². The number of halogens is 3. The van der Waals surface area contributed by atoms with E-state index < -0.39 is 10.0 Å². The monoisotopic (exact) mass is 405 g/mol. The maximum absolute atomic E-state index is 12.5. The predicted octanol–water partition coefficient (Wildman–Crippen LogP) is 4.55. The highest BCUT2D eigenvalue weighted by Gasteiger charge is 2.27. The Hall–Kier alpha value is -1.18. The van der Waals surface area contributed by atoms with Crippen molar-refractivity contribution in [2.75, 3.05) is 0 Å². The molecule has 1 aliphatic carbocycles.